The monoisotopic (exact) mass is 318 g/mol. The number of fused-ring (bicyclic) bond motifs is 1. The summed E-state index contributed by atoms with van der Waals surface area (Å²) in [6.07, 6.45) is 0.145. The van der Waals surface area contributed by atoms with E-state index in [0.717, 1.165) is 0 Å². The smallest absolute Gasteiger partial charge is 0.405 e. The number of rotatable bonds is 3. The summed E-state index contributed by atoms with van der Waals surface area (Å²) in [5.74, 6) is -1.000. The highest BCUT2D eigenvalue weighted by Gasteiger charge is 2.22. The van der Waals surface area contributed by atoms with Crippen molar-refractivity contribution in [3.63, 3.8) is 0 Å². The molecule has 2 aromatic heterocycles. The quantitative estimate of drug-likeness (QED) is 0.778. The Morgan fingerprint density at radius 3 is 2.83 bits per heavy atom. The van der Waals surface area contributed by atoms with E-state index in [9.17, 15) is 13.6 Å². The summed E-state index contributed by atoms with van der Waals surface area (Å²) in [5.41, 5.74) is 0.710. The molecule has 0 fully saturated rings. The second kappa shape index (κ2) is 5.64. The van der Waals surface area contributed by atoms with Gasteiger partial charge in [-0.3, -0.25) is 4.57 Å². The molecule has 1 aromatic carbocycles. The van der Waals surface area contributed by atoms with Crippen LogP contribution in [-0.4, -0.2) is 25.7 Å². The Morgan fingerprint density at radius 2 is 2.13 bits per heavy atom. The lowest BCUT2D eigenvalue weighted by Gasteiger charge is -2.14. The normalized spacial score (nSPS) is 12.3. The van der Waals surface area contributed by atoms with Gasteiger partial charge in [-0.05, 0) is 31.2 Å². The Hall–Kier alpha value is -3.03. The first-order valence-corrected chi connectivity index (χ1v) is 6.75. The fourth-order valence-corrected chi connectivity index (χ4v) is 2.37. The number of carbonyl (C=O) groups is 1. The van der Waals surface area contributed by atoms with Crippen LogP contribution in [0.25, 0.3) is 16.9 Å². The largest absolute Gasteiger partial charge is 0.465 e. The predicted octanol–water partition coefficient (Wildman–Crippen LogP) is 3.03. The average molecular weight is 318 g/mol. The number of carboxylic acid groups (broad SMARTS) is 1. The zero-order valence-corrected chi connectivity index (χ0v) is 12.0. The minimum atomic E-state index is -1.25. The van der Waals surface area contributed by atoms with Gasteiger partial charge >= 0.3 is 6.09 Å². The topological polar surface area (TPSA) is 80.0 Å². The maximum Gasteiger partial charge on any atom is 0.405 e. The molecule has 0 aliphatic rings. The predicted molar refractivity (Wildman–Crippen MR) is 78.4 cm³/mol. The van der Waals surface area contributed by atoms with E-state index in [1.165, 1.54) is 41.1 Å². The zero-order valence-electron chi connectivity index (χ0n) is 12.0. The molecule has 8 heteroatoms. The number of nitrogens with one attached hydrogen (secondary N) is 1. The fraction of sp³-hybridized carbons (Fsp3) is 0.133. The maximum absolute atomic E-state index is 14.1. The van der Waals surface area contributed by atoms with E-state index < -0.39 is 23.8 Å². The molecule has 0 aliphatic heterocycles. The third kappa shape index (κ3) is 2.70. The molecule has 3 rings (SSSR count). The molecular formula is C15H12F2N4O2. The maximum atomic E-state index is 14.1. The number of hydrogen-bond acceptors (Lipinski definition) is 3. The van der Waals surface area contributed by atoms with Crippen molar-refractivity contribution in [3.8, 4) is 5.82 Å². The summed E-state index contributed by atoms with van der Waals surface area (Å²) in [5, 5.41) is 11.1. The number of aromatic nitrogens is 3. The van der Waals surface area contributed by atoms with Gasteiger partial charge in [0.2, 0.25) is 0 Å². The number of pyridine rings is 1. The summed E-state index contributed by atoms with van der Waals surface area (Å²) in [6, 6.07) is 5.77. The van der Waals surface area contributed by atoms with Crippen LogP contribution < -0.4 is 5.32 Å². The fourth-order valence-electron chi connectivity index (χ4n) is 2.37. The molecular weight excluding hydrogens is 306 g/mol. The summed E-state index contributed by atoms with van der Waals surface area (Å²) >= 11 is 0. The van der Waals surface area contributed by atoms with Gasteiger partial charge in [-0.2, -0.15) is 0 Å². The number of nitrogens with zero attached hydrogens (tertiary/aromatic N) is 3. The molecule has 3 aromatic rings. The minimum absolute atomic E-state index is 0.0744. The highest BCUT2D eigenvalue weighted by Crippen LogP contribution is 2.26. The molecule has 23 heavy (non-hydrogen) atoms. The third-order valence-electron chi connectivity index (χ3n) is 3.32. The summed E-state index contributed by atoms with van der Waals surface area (Å²) < 4.78 is 29.0. The molecule has 0 bridgehead atoms. The molecule has 118 valence electrons. The van der Waals surface area contributed by atoms with Gasteiger partial charge in [0.25, 0.3) is 0 Å². The van der Waals surface area contributed by atoms with E-state index in [1.807, 2.05) is 0 Å². The molecule has 1 amide bonds. The molecule has 0 radical (unpaired) electrons. The molecule has 1 atom stereocenters. The second-order valence-corrected chi connectivity index (χ2v) is 4.92. The SMILES string of the molecule is CC(NC(=O)O)c1nc2ccc(F)cc2n1-c1ncccc1F. The Bertz CT molecular complexity index is 894. The van der Waals surface area contributed by atoms with Crippen molar-refractivity contribution in [1.82, 2.24) is 19.9 Å². The van der Waals surface area contributed by atoms with Gasteiger partial charge < -0.3 is 10.4 Å². The molecule has 6 nitrogen and oxygen atoms in total. The van der Waals surface area contributed by atoms with Gasteiger partial charge in [-0.15, -0.1) is 0 Å². The van der Waals surface area contributed by atoms with Crippen molar-refractivity contribution in [3.05, 3.63) is 54.0 Å². The molecule has 2 N–H and O–H groups in total. The van der Waals surface area contributed by atoms with Crippen molar-refractivity contribution in [2.24, 2.45) is 0 Å². The van der Waals surface area contributed by atoms with E-state index in [4.69, 9.17) is 5.11 Å². The Labute approximate surface area is 129 Å². The first kappa shape index (κ1) is 14.9. The Kier molecular flexibility index (Phi) is 3.65. The Balaban J connectivity index is 2.29. The highest BCUT2D eigenvalue weighted by molar-refractivity contribution is 5.78. The highest BCUT2D eigenvalue weighted by atomic mass is 19.1. The van der Waals surface area contributed by atoms with E-state index in [0.29, 0.717) is 11.0 Å². The van der Waals surface area contributed by atoms with E-state index in [2.05, 4.69) is 15.3 Å². The van der Waals surface area contributed by atoms with Gasteiger partial charge in [-0.25, -0.2) is 23.5 Å². The zero-order chi connectivity index (χ0) is 16.6. The van der Waals surface area contributed by atoms with Crippen LogP contribution in [0.4, 0.5) is 13.6 Å². The molecule has 0 saturated heterocycles. The van der Waals surface area contributed by atoms with Crippen LogP contribution in [-0.2, 0) is 0 Å². The van der Waals surface area contributed by atoms with Gasteiger partial charge in [0.05, 0.1) is 17.1 Å². The van der Waals surface area contributed by atoms with Gasteiger partial charge in [0, 0.05) is 12.3 Å². The van der Waals surface area contributed by atoms with E-state index in [1.54, 1.807) is 6.92 Å². The number of imidazole rings is 1. The first-order valence-electron chi connectivity index (χ1n) is 6.75. The van der Waals surface area contributed by atoms with Crippen molar-refractivity contribution < 1.29 is 18.7 Å². The summed E-state index contributed by atoms with van der Waals surface area (Å²) in [6.45, 7) is 1.56. The van der Waals surface area contributed by atoms with Crippen LogP contribution in [0.1, 0.15) is 18.8 Å². The second-order valence-electron chi connectivity index (χ2n) is 4.92. The van der Waals surface area contributed by atoms with E-state index in [-0.39, 0.29) is 11.6 Å². The average Bonchev–Trinajstić information content (AvgIpc) is 2.85. The van der Waals surface area contributed by atoms with Gasteiger partial charge in [-0.1, -0.05) is 0 Å². The van der Waals surface area contributed by atoms with Crippen molar-refractivity contribution in [2.75, 3.05) is 0 Å². The number of benzene rings is 1. The third-order valence-corrected chi connectivity index (χ3v) is 3.32. The van der Waals surface area contributed by atoms with Gasteiger partial charge in [0.15, 0.2) is 11.6 Å². The van der Waals surface area contributed by atoms with Crippen LogP contribution >= 0.6 is 0 Å². The lowest BCUT2D eigenvalue weighted by Crippen LogP contribution is -2.27. The Morgan fingerprint density at radius 1 is 1.35 bits per heavy atom. The first-order chi connectivity index (χ1) is 11.0. The summed E-state index contributed by atoms with van der Waals surface area (Å²) in [4.78, 5) is 19.1. The van der Waals surface area contributed by atoms with Crippen LogP contribution in [0.2, 0.25) is 0 Å². The van der Waals surface area contributed by atoms with Crippen LogP contribution in [0.5, 0.6) is 0 Å². The van der Waals surface area contributed by atoms with Crippen LogP contribution in [0, 0.1) is 11.6 Å². The van der Waals surface area contributed by atoms with E-state index >= 15 is 0 Å². The van der Waals surface area contributed by atoms with Crippen LogP contribution in [0.15, 0.2) is 36.5 Å². The van der Waals surface area contributed by atoms with Crippen molar-refractivity contribution in [2.45, 2.75) is 13.0 Å². The lowest BCUT2D eigenvalue weighted by atomic mass is 10.3. The lowest BCUT2D eigenvalue weighted by molar-refractivity contribution is 0.190. The van der Waals surface area contributed by atoms with Gasteiger partial charge in [0.1, 0.15) is 11.6 Å². The van der Waals surface area contributed by atoms with Crippen molar-refractivity contribution >= 4 is 17.1 Å². The number of halogens is 2. The minimum Gasteiger partial charge on any atom is -0.465 e. The summed E-state index contributed by atoms with van der Waals surface area (Å²) in [7, 11) is 0. The molecule has 0 spiro atoms. The molecule has 0 saturated carbocycles. The number of hydrogen-bond donors (Lipinski definition) is 2. The number of amides is 1. The molecule has 1 unspecified atom stereocenters. The molecule has 0 aliphatic carbocycles. The molecule has 2 heterocycles. The van der Waals surface area contributed by atoms with Crippen molar-refractivity contribution in [1.29, 1.82) is 0 Å². The standard InChI is InChI=1S/C15H12F2N4O2/c1-8(19-15(22)23)13-20-11-5-4-9(16)7-12(11)21(13)14-10(17)3-2-6-18-14/h2-8,19H,1H3,(H,22,23). The van der Waals surface area contributed by atoms with Crippen LogP contribution in [0.3, 0.4) is 0 Å².